The van der Waals surface area contributed by atoms with Gasteiger partial charge in [0.2, 0.25) is 0 Å². The van der Waals surface area contributed by atoms with Gasteiger partial charge < -0.3 is 10.0 Å². The minimum absolute atomic E-state index is 0.0466. The molecule has 1 aromatic carbocycles. The van der Waals surface area contributed by atoms with Gasteiger partial charge in [-0.05, 0) is 42.0 Å². The Morgan fingerprint density at radius 2 is 1.84 bits per heavy atom. The zero-order valence-corrected chi connectivity index (χ0v) is 16.3. The molecule has 0 amide bonds. The summed E-state index contributed by atoms with van der Waals surface area (Å²) in [6, 6.07) is 6.24. The van der Waals surface area contributed by atoms with Crippen LogP contribution in [-0.2, 0) is 10.2 Å². The van der Waals surface area contributed by atoms with Gasteiger partial charge in [0.15, 0.2) is 0 Å². The van der Waals surface area contributed by atoms with Crippen molar-refractivity contribution in [2.45, 2.75) is 52.5 Å². The summed E-state index contributed by atoms with van der Waals surface area (Å²) in [4.78, 5) is 15.9. The molecule has 0 aromatic heterocycles. The van der Waals surface area contributed by atoms with Crippen LogP contribution in [0.5, 0.6) is 0 Å². The Balaban J connectivity index is 2.23. The third-order valence-electron chi connectivity index (χ3n) is 5.06. The van der Waals surface area contributed by atoms with Crippen LogP contribution in [0, 0.1) is 0 Å². The summed E-state index contributed by atoms with van der Waals surface area (Å²) in [5.41, 5.74) is 4.90. The molecule has 4 heteroatoms. The molecule has 1 atom stereocenters. The lowest BCUT2D eigenvalue weighted by molar-refractivity contribution is -0.143. The summed E-state index contributed by atoms with van der Waals surface area (Å²) in [6.45, 7) is 18.1. The van der Waals surface area contributed by atoms with Crippen LogP contribution in [0.1, 0.15) is 52.2 Å². The third kappa shape index (κ3) is 4.43. The molecule has 1 saturated heterocycles. The van der Waals surface area contributed by atoms with E-state index in [1.807, 2.05) is 13.8 Å². The van der Waals surface area contributed by atoms with Gasteiger partial charge in [0.05, 0.1) is 0 Å². The number of nitrogens with zero attached hydrogens (tertiary/aromatic N) is 2. The maximum Gasteiger partial charge on any atom is 0.320 e. The molecule has 1 heterocycles. The van der Waals surface area contributed by atoms with Crippen molar-refractivity contribution in [3.63, 3.8) is 0 Å². The highest BCUT2D eigenvalue weighted by molar-refractivity contribution is 5.73. The van der Waals surface area contributed by atoms with Gasteiger partial charge in [0.25, 0.3) is 0 Å². The van der Waals surface area contributed by atoms with Crippen molar-refractivity contribution in [2.75, 3.05) is 31.1 Å². The minimum Gasteiger partial charge on any atom is -0.480 e. The second-order valence-corrected chi connectivity index (χ2v) is 8.05. The number of carboxylic acids is 1. The maximum absolute atomic E-state index is 11.4. The van der Waals surface area contributed by atoms with Gasteiger partial charge in [0, 0.05) is 31.9 Å². The van der Waals surface area contributed by atoms with E-state index in [0.717, 1.165) is 31.8 Å². The highest BCUT2D eigenvalue weighted by Gasteiger charge is 2.29. The number of benzene rings is 1. The second-order valence-electron chi connectivity index (χ2n) is 8.05. The Labute approximate surface area is 152 Å². The highest BCUT2D eigenvalue weighted by atomic mass is 16.4. The fourth-order valence-electron chi connectivity index (χ4n) is 3.54. The predicted octanol–water partition coefficient (Wildman–Crippen LogP) is 4.00. The molecule has 1 N–H and O–H groups in total. The first-order valence-electron chi connectivity index (χ1n) is 9.17. The topological polar surface area (TPSA) is 43.8 Å². The number of aliphatic carboxylic acids is 1. The minimum atomic E-state index is -0.711. The number of hydrogen-bond acceptors (Lipinski definition) is 3. The van der Waals surface area contributed by atoms with E-state index in [2.05, 4.69) is 55.3 Å². The molecule has 1 aromatic rings. The molecular formula is C21H32N2O2. The monoisotopic (exact) mass is 344 g/mol. The van der Waals surface area contributed by atoms with Crippen molar-refractivity contribution >= 4 is 17.2 Å². The molecule has 0 spiro atoms. The van der Waals surface area contributed by atoms with Crippen molar-refractivity contribution in [1.29, 1.82) is 0 Å². The van der Waals surface area contributed by atoms with Crippen LogP contribution < -0.4 is 4.90 Å². The number of carboxylic acid groups (broad SMARTS) is 1. The summed E-state index contributed by atoms with van der Waals surface area (Å²) < 4.78 is 0. The smallest absolute Gasteiger partial charge is 0.320 e. The molecule has 4 nitrogen and oxygen atoms in total. The first-order valence-corrected chi connectivity index (χ1v) is 9.17. The predicted molar refractivity (Wildman–Crippen MR) is 105 cm³/mol. The summed E-state index contributed by atoms with van der Waals surface area (Å²) in [7, 11) is 0. The van der Waals surface area contributed by atoms with Crippen LogP contribution in [0.15, 0.2) is 24.8 Å². The summed E-state index contributed by atoms with van der Waals surface area (Å²) in [6.07, 6.45) is 0.649. The van der Waals surface area contributed by atoms with Crippen LogP contribution in [-0.4, -0.2) is 48.2 Å². The number of carbonyl (C=O) groups is 1. The molecule has 1 aliphatic rings. The number of piperazine rings is 1. The van der Waals surface area contributed by atoms with E-state index in [0.29, 0.717) is 6.42 Å². The number of anilines is 1. The number of hydrogen-bond donors (Lipinski definition) is 1. The van der Waals surface area contributed by atoms with Gasteiger partial charge in [-0.2, -0.15) is 0 Å². The van der Waals surface area contributed by atoms with Crippen molar-refractivity contribution in [1.82, 2.24) is 4.90 Å². The van der Waals surface area contributed by atoms with Crippen LogP contribution in [0.2, 0.25) is 0 Å². The lowest BCUT2D eigenvalue weighted by atomic mass is 9.83. The summed E-state index contributed by atoms with van der Waals surface area (Å²) >= 11 is 0. The van der Waals surface area contributed by atoms with Gasteiger partial charge >= 0.3 is 5.97 Å². The average molecular weight is 344 g/mol. The van der Waals surface area contributed by atoms with Gasteiger partial charge in [0.1, 0.15) is 6.04 Å². The number of allylic oxidation sites excluding steroid dienone is 1. The van der Waals surface area contributed by atoms with E-state index in [1.165, 1.54) is 16.8 Å². The SMILES string of the molecule is C=C(C)c1ccc(N2CCN(C(CC)C(=O)O)CC2)c(C(C)(C)C)c1. The first kappa shape index (κ1) is 19.5. The van der Waals surface area contributed by atoms with E-state index in [9.17, 15) is 9.90 Å². The van der Waals surface area contributed by atoms with Gasteiger partial charge in [-0.3, -0.25) is 9.69 Å². The lowest BCUT2D eigenvalue weighted by Gasteiger charge is -2.40. The average Bonchev–Trinajstić information content (AvgIpc) is 2.54. The molecule has 1 fully saturated rings. The van der Waals surface area contributed by atoms with Crippen molar-refractivity contribution < 1.29 is 9.90 Å². The molecule has 138 valence electrons. The third-order valence-corrected chi connectivity index (χ3v) is 5.06. The lowest BCUT2D eigenvalue weighted by Crippen LogP contribution is -2.52. The van der Waals surface area contributed by atoms with Crippen molar-refractivity contribution in [3.8, 4) is 0 Å². The van der Waals surface area contributed by atoms with Gasteiger partial charge in [-0.25, -0.2) is 0 Å². The molecular weight excluding hydrogens is 312 g/mol. The zero-order valence-electron chi connectivity index (χ0n) is 16.3. The summed E-state index contributed by atoms with van der Waals surface area (Å²) in [5.74, 6) is -0.711. The molecule has 25 heavy (non-hydrogen) atoms. The van der Waals surface area contributed by atoms with E-state index in [1.54, 1.807) is 0 Å². The van der Waals surface area contributed by atoms with Crippen LogP contribution in [0.4, 0.5) is 5.69 Å². The largest absolute Gasteiger partial charge is 0.480 e. The van der Waals surface area contributed by atoms with Gasteiger partial charge in [-0.1, -0.05) is 45.9 Å². The molecule has 1 aliphatic heterocycles. The van der Waals surface area contributed by atoms with Crippen LogP contribution in [0.3, 0.4) is 0 Å². The first-order chi connectivity index (χ1) is 11.6. The molecule has 0 radical (unpaired) electrons. The fourth-order valence-corrected chi connectivity index (χ4v) is 3.54. The van der Waals surface area contributed by atoms with Gasteiger partial charge in [-0.15, -0.1) is 0 Å². The Morgan fingerprint density at radius 3 is 2.28 bits per heavy atom. The molecule has 0 aliphatic carbocycles. The Kier molecular flexibility index (Phi) is 5.94. The highest BCUT2D eigenvalue weighted by Crippen LogP contribution is 2.34. The van der Waals surface area contributed by atoms with Crippen molar-refractivity contribution in [2.24, 2.45) is 0 Å². The maximum atomic E-state index is 11.4. The summed E-state index contributed by atoms with van der Waals surface area (Å²) in [5, 5.41) is 9.38. The quantitative estimate of drug-likeness (QED) is 0.877. The normalized spacial score (nSPS) is 17.4. The molecule has 0 saturated carbocycles. The van der Waals surface area contributed by atoms with E-state index in [-0.39, 0.29) is 11.5 Å². The Hall–Kier alpha value is -1.81. The molecule has 1 unspecified atom stereocenters. The number of rotatable bonds is 5. The van der Waals surface area contributed by atoms with Crippen molar-refractivity contribution in [3.05, 3.63) is 35.9 Å². The van der Waals surface area contributed by atoms with E-state index < -0.39 is 5.97 Å². The Morgan fingerprint density at radius 1 is 1.24 bits per heavy atom. The fraction of sp³-hybridized carbons (Fsp3) is 0.571. The Bertz CT molecular complexity index is 638. The second kappa shape index (κ2) is 7.61. The molecule has 2 rings (SSSR count). The standard InChI is InChI=1S/C21H32N2O2/c1-7-18(20(24)25)22-10-12-23(13-11-22)19-9-8-16(15(2)3)14-17(19)21(4,5)6/h8-9,14,18H,2,7,10-13H2,1,3-6H3,(H,24,25). The van der Waals surface area contributed by atoms with Crippen LogP contribution in [0.25, 0.3) is 5.57 Å². The molecule has 0 bridgehead atoms. The van der Waals surface area contributed by atoms with E-state index in [4.69, 9.17) is 0 Å². The zero-order chi connectivity index (χ0) is 18.8. The van der Waals surface area contributed by atoms with Crippen LogP contribution >= 0.6 is 0 Å². The van der Waals surface area contributed by atoms with E-state index >= 15 is 0 Å².